The maximum atomic E-state index is 13.6. The van der Waals surface area contributed by atoms with Crippen LogP contribution in [0, 0.1) is 0 Å². The normalized spacial score (nSPS) is 25.1. The number of anilines is 1. The van der Waals surface area contributed by atoms with Crippen LogP contribution in [0.15, 0.2) is 48.5 Å². The van der Waals surface area contributed by atoms with Gasteiger partial charge in [-0.3, -0.25) is 9.69 Å². The minimum Gasteiger partial charge on any atom is -0.350 e. The second-order valence-corrected chi connectivity index (χ2v) is 7.58. The average Bonchev–Trinajstić information content (AvgIpc) is 2.89. The van der Waals surface area contributed by atoms with Crippen LogP contribution in [-0.4, -0.2) is 36.2 Å². The van der Waals surface area contributed by atoms with E-state index in [9.17, 15) is 9.59 Å². The van der Waals surface area contributed by atoms with Gasteiger partial charge in [0.25, 0.3) is 5.91 Å². The van der Waals surface area contributed by atoms with Crippen molar-refractivity contribution in [3.63, 3.8) is 0 Å². The number of nitrogens with zero attached hydrogens (tertiary/aromatic N) is 2. The van der Waals surface area contributed by atoms with Gasteiger partial charge in [-0.2, -0.15) is 0 Å². The molecule has 2 heterocycles. The molecule has 2 aliphatic heterocycles. The molecule has 0 N–H and O–H groups in total. The predicted molar refractivity (Wildman–Crippen MR) is 104 cm³/mol. The van der Waals surface area contributed by atoms with E-state index in [4.69, 9.17) is 27.9 Å². The Kier molecular flexibility index (Phi) is 4.62. The lowest BCUT2D eigenvalue weighted by atomic mass is 9.80. The molecule has 2 aliphatic rings. The number of carbonyl (C=O) groups is 2. The summed E-state index contributed by atoms with van der Waals surface area (Å²) in [5.41, 5.74) is -0.0535. The summed E-state index contributed by atoms with van der Waals surface area (Å²) in [6, 6.07) is 14.0. The molecule has 0 bridgehead atoms. The van der Waals surface area contributed by atoms with E-state index in [1.54, 1.807) is 18.2 Å². The number of fused-ring (bicyclic) bond motifs is 1. The minimum absolute atomic E-state index is 0.256. The van der Waals surface area contributed by atoms with Crippen LogP contribution in [0.4, 0.5) is 10.5 Å². The number of hydrogen-bond acceptors (Lipinski definition) is 3. The van der Waals surface area contributed by atoms with Crippen LogP contribution in [0.3, 0.4) is 0 Å². The van der Waals surface area contributed by atoms with Crippen LogP contribution >= 0.6 is 23.2 Å². The largest absolute Gasteiger partial charge is 0.350 e. The van der Waals surface area contributed by atoms with E-state index in [0.29, 0.717) is 22.3 Å². The molecule has 0 aliphatic carbocycles. The van der Waals surface area contributed by atoms with Crippen molar-refractivity contribution in [2.75, 3.05) is 18.6 Å². The van der Waals surface area contributed by atoms with Crippen molar-refractivity contribution in [2.24, 2.45) is 0 Å². The van der Waals surface area contributed by atoms with E-state index in [1.807, 2.05) is 30.3 Å². The van der Waals surface area contributed by atoms with Crippen molar-refractivity contribution in [3.05, 3.63) is 64.1 Å². The summed E-state index contributed by atoms with van der Waals surface area (Å²) in [4.78, 5) is 29.4. The van der Waals surface area contributed by atoms with Gasteiger partial charge in [-0.25, -0.2) is 9.69 Å². The molecular formula is C20H18Cl2N2O3. The number of hydrogen-bond donors (Lipinski definition) is 0. The second-order valence-electron chi connectivity index (χ2n) is 6.71. The topological polar surface area (TPSA) is 49.9 Å². The zero-order valence-corrected chi connectivity index (χ0v) is 16.2. The number of halogens is 2. The Labute approximate surface area is 167 Å². The van der Waals surface area contributed by atoms with Crippen molar-refractivity contribution < 1.29 is 14.3 Å². The third-order valence-corrected chi connectivity index (χ3v) is 5.73. The predicted octanol–water partition coefficient (Wildman–Crippen LogP) is 4.68. The lowest BCUT2D eigenvalue weighted by molar-refractivity contribution is -0.164. The van der Waals surface area contributed by atoms with Crippen molar-refractivity contribution >= 4 is 40.8 Å². The monoisotopic (exact) mass is 404 g/mol. The highest BCUT2D eigenvalue weighted by molar-refractivity contribution is 6.35. The zero-order chi connectivity index (χ0) is 19.2. The van der Waals surface area contributed by atoms with Gasteiger partial charge in [-0.1, -0.05) is 53.5 Å². The van der Waals surface area contributed by atoms with Gasteiger partial charge in [0.1, 0.15) is 0 Å². The van der Waals surface area contributed by atoms with Gasteiger partial charge in [0.2, 0.25) is 5.72 Å². The molecule has 2 aromatic rings. The van der Waals surface area contributed by atoms with Gasteiger partial charge in [-0.15, -0.1) is 0 Å². The maximum absolute atomic E-state index is 13.6. The molecule has 140 valence electrons. The average molecular weight is 405 g/mol. The molecule has 7 heteroatoms. The number of amides is 3. The molecule has 0 saturated carbocycles. The van der Waals surface area contributed by atoms with Gasteiger partial charge < -0.3 is 4.74 Å². The third-order valence-electron chi connectivity index (χ3n) is 5.30. The third kappa shape index (κ3) is 2.73. The Hall–Kier alpha value is -2.08. The first-order valence-corrected chi connectivity index (χ1v) is 9.47. The molecular weight excluding hydrogens is 387 g/mol. The first kappa shape index (κ1) is 18.3. The van der Waals surface area contributed by atoms with E-state index in [-0.39, 0.29) is 5.92 Å². The highest BCUT2D eigenvalue weighted by Gasteiger charge is 2.64. The fourth-order valence-electron chi connectivity index (χ4n) is 4.19. The number of methoxy groups -OCH3 is 1. The fourth-order valence-corrected chi connectivity index (χ4v) is 4.70. The number of imide groups is 1. The van der Waals surface area contributed by atoms with E-state index in [1.165, 1.54) is 12.0 Å². The van der Waals surface area contributed by atoms with Gasteiger partial charge in [-0.05, 0) is 36.6 Å². The summed E-state index contributed by atoms with van der Waals surface area (Å²) >= 11 is 12.2. The lowest BCUT2D eigenvalue weighted by Gasteiger charge is -2.43. The Bertz CT molecular complexity index is 885. The smallest absolute Gasteiger partial charge is 0.334 e. The quantitative estimate of drug-likeness (QED) is 0.697. The highest BCUT2D eigenvalue weighted by Crippen LogP contribution is 2.47. The number of urea groups is 1. The zero-order valence-electron chi connectivity index (χ0n) is 14.7. The van der Waals surface area contributed by atoms with Crippen LogP contribution in [0.5, 0.6) is 0 Å². The molecule has 27 heavy (non-hydrogen) atoms. The van der Waals surface area contributed by atoms with Crippen LogP contribution in [-0.2, 0) is 9.53 Å². The maximum Gasteiger partial charge on any atom is 0.334 e. The fraction of sp³-hybridized carbons (Fsp3) is 0.300. The van der Waals surface area contributed by atoms with Crippen molar-refractivity contribution in [1.29, 1.82) is 0 Å². The molecule has 2 fully saturated rings. The van der Waals surface area contributed by atoms with Crippen LogP contribution in [0.2, 0.25) is 10.0 Å². The second kappa shape index (κ2) is 6.82. The van der Waals surface area contributed by atoms with Crippen LogP contribution in [0.25, 0.3) is 0 Å². The summed E-state index contributed by atoms with van der Waals surface area (Å²) in [6.07, 6.45) is 1.53. The van der Waals surface area contributed by atoms with E-state index < -0.39 is 17.7 Å². The first-order valence-electron chi connectivity index (χ1n) is 8.71. The number of benzene rings is 2. The molecule has 3 amide bonds. The van der Waals surface area contributed by atoms with Crippen molar-refractivity contribution in [3.8, 4) is 0 Å². The standard InChI is InChI=1S/C20H18Cl2N2O3/c1-27-20-17(13-6-3-2-4-7-13)8-5-9-23(20)19(26)24(18(20)25)16-11-14(21)10-15(22)12-16/h2-4,6-7,10-12,17H,5,8-9H2,1H3/t17-,20+/m1/s1. The SMILES string of the molecule is CO[C@@]12C(=O)N(c3cc(Cl)cc(Cl)c3)C(=O)N1CCC[C@@H]2c1ccccc1. The van der Waals surface area contributed by atoms with Crippen LogP contribution in [0.1, 0.15) is 24.3 Å². The van der Waals surface area contributed by atoms with E-state index in [0.717, 1.165) is 23.3 Å². The number of ether oxygens (including phenoxy) is 1. The number of piperidine rings is 1. The van der Waals surface area contributed by atoms with Gasteiger partial charge in [0, 0.05) is 29.6 Å². The van der Waals surface area contributed by atoms with E-state index in [2.05, 4.69) is 0 Å². The van der Waals surface area contributed by atoms with Crippen LogP contribution < -0.4 is 4.90 Å². The van der Waals surface area contributed by atoms with Gasteiger partial charge >= 0.3 is 6.03 Å². The molecule has 0 unspecified atom stereocenters. The molecule has 0 aromatic heterocycles. The van der Waals surface area contributed by atoms with Gasteiger partial charge in [0.15, 0.2) is 0 Å². The Balaban J connectivity index is 1.84. The number of rotatable bonds is 3. The Morgan fingerprint density at radius 1 is 1.07 bits per heavy atom. The Morgan fingerprint density at radius 3 is 2.37 bits per heavy atom. The lowest BCUT2D eigenvalue weighted by Crippen LogP contribution is -2.58. The van der Waals surface area contributed by atoms with Gasteiger partial charge in [0.05, 0.1) is 5.69 Å². The Morgan fingerprint density at radius 2 is 1.74 bits per heavy atom. The summed E-state index contributed by atoms with van der Waals surface area (Å²) in [6.45, 7) is 0.451. The number of carbonyl (C=O) groups excluding carboxylic acids is 2. The molecule has 2 aromatic carbocycles. The molecule has 2 saturated heterocycles. The molecule has 0 spiro atoms. The summed E-state index contributed by atoms with van der Waals surface area (Å²) < 4.78 is 5.81. The van der Waals surface area contributed by atoms with E-state index >= 15 is 0 Å². The summed E-state index contributed by atoms with van der Waals surface area (Å²) in [7, 11) is 1.48. The first-order chi connectivity index (χ1) is 13.0. The minimum atomic E-state index is -1.37. The van der Waals surface area contributed by atoms with Crippen molar-refractivity contribution in [1.82, 2.24) is 4.90 Å². The molecule has 2 atom stereocenters. The molecule has 4 rings (SSSR count). The summed E-state index contributed by atoms with van der Waals surface area (Å²) in [5.74, 6) is -0.671. The molecule has 0 radical (unpaired) electrons. The highest BCUT2D eigenvalue weighted by atomic mass is 35.5. The van der Waals surface area contributed by atoms with Crippen molar-refractivity contribution in [2.45, 2.75) is 24.5 Å². The summed E-state index contributed by atoms with van der Waals surface area (Å²) in [5, 5.41) is 0.711. The molecule has 5 nitrogen and oxygen atoms in total.